The lowest BCUT2D eigenvalue weighted by molar-refractivity contribution is 0.245. The van der Waals surface area contributed by atoms with Crippen LogP contribution in [0.2, 0.25) is 0 Å². The molecule has 0 aromatic carbocycles. The van der Waals surface area contributed by atoms with E-state index in [0.29, 0.717) is 12.1 Å². The molecule has 4 heteroatoms. The third-order valence-electron chi connectivity index (χ3n) is 2.69. The van der Waals surface area contributed by atoms with E-state index in [9.17, 15) is 0 Å². The van der Waals surface area contributed by atoms with Gasteiger partial charge in [-0.15, -0.1) is 0 Å². The van der Waals surface area contributed by atoms with E-state index in [-0.39, 0.29) is 5.96 Å². The van der Waals surface area contributed by atoms with Crippen molar-refractivity contribution in [1.82, 2.24) is 9.80 Å². The number of hydrogen-bond acceptors (Lipinski definition) is 2. The lowest BCUT2D eigenvalue weighted by Crippen LogP contribution is -2.44. The number of guanidine groups is 1. The van der Waals surface area contributed by atoms with E-state index in [1.165, 1.54) is 0 Å². The minimum atomic E-state index is 0.201. The second-order valence-electron chi connectivity index (χ2n) is 3.64. The molecule has 0 saturated carbocycles. The van der Waals surface area contributed by atoms with Gasteiger partial charge in [0.25, 0.3) is 0 Å². The smallest absolute Gasteiger partial charge is 0.188 e. The molecule has 0 bridgehead atoms. The monoisotopic (exact) mass is 170 g/mol. The topological polar surface area (TPSA) is 56.4 Å². The predicted octanol–water partition coefficient (Wildman–Crippen LogP) is -0.0957. The van der Waals surface area contributed by atoms with E-state index in [2.05, 4.69) is 25.9 Å². The molecule has 0 spiro atoms. The normalized spacial score (nSPS) is 29.8. The molecular weight excluding hydrogens is 152 g/mol. The van der Waals surface area contributed by atoms with Crippen molar-refractivity contribution in [3.8, 4) is 0 Å². The van der Waals surface area contributed by atoms with Crippen LogP contribution >= 0.6 is 0 Å². The Bertz CT molecular complexity index is 178. The van der Waals surface area contributed by atoms with E-state index in [1.54, 1.807) is 0 Å². The van der Waals surface area contributed by atoms with Crippen molar-refractivity contribution < 1.29 is 0 Å². The summed E-state index contributed by atoms with van der Waals surface area (Å²) in [5.74, 6) is 0.201. The van der Waals surface area contributed by atoms with Crippen molar-refractivity contribution >= 4 is 5.96 Å². The summed E-state index contributed by atoms with van der Waals surface area (Å²) in [7, 11) is 4.15. The van der Waals surface area contributed by atoms with Crippen LogP contribution in [0.1, 0.15) is 13.3 Å². The van der Waals surface area contributed by atoms with E-state index in [4.69, 9.17) is 11.1 Å². The number of likely N-dealkylation sites (tertiary alicyclic amines) is 1. The highest BCUT2D eigenvalue weighted by molar-refractivity contribution is 5.75. The van der Waals surface area contributed by atoms with Crippen LogP contribution in [-0.2, 0) is 0 Å². The largest absolute Gasteiger partial charge is 0.370 e. The molecule has 1 aliphatic heterocycles. The average molecular weight is 170 g/mol. The van der Waals surface area contributed by atoms with E-state index < -0.39 is 0 Å². The fourth-order valence-corrected chi connectivity index (χ4v) is 1.95. The second kappa shape index (κ2) is 3.31. The van der Waals surface area contributed by atoms with Gasteiger partial charge in [0.15, 0.2) is 5.96 Å². The van der Waals surface area contributed by atoms with E-state index in [0.717, 1.165) is 13.0 Å². The first-order chi connectivity index (χ1) is 5.54. The summed E-state index contributed by atoms with van der Waals surface area (Å²) in [5, 5.41) is 7.34. The Labute approximate surface area is 73.8 Å². The lowest BCUT2D eigenvalue weighted by Gasteiger charge is -2.28. The van der Waals surface area contributed by atoms with Gasteiger partial charge < -0.3 is 15.5 Å². The first-order valence-corrected chi connectivity index (χ1v) is 4.31. The molecule has 2 unspecified atom stereocenters. The van der Waals surface area contributed by atoms with Gasteiger partial charge >= 0.3 is 0 Å². The zero-order valence-corrected chi connectivity index (χ0v) is 8.04. The quantitative estimate of drug-likeness (QED) is 0.427. The summed E-state index contributed by atoms with van der Waals surface area (Å²) in [4.78, 5) is 4.15. The fraction of sp³-hybridized carbons (Fsp3) is 0.875. The molecule has 0 amide bonds. The molecule has 1 heterocycles. The number of rotatable bonds is 1. The SMILES string of the molecule is CC1C(N(C)C)CCN1C(=N)N. The Morgan fingerprint density at radius 3 is 2.42 bits per heavy atom. The minimum Gasteiger partial charge on any atom is -0.370 e. The third kappa shape index (κ3) is 1.53. The van der Waals surface area contributed by atoms with Crippen molar-refractivity contribution in [2.75, 3.05) is 20.6 Å². The molecule has 0 aromatic rings. The molecule has 4 nitrogen and oxygen atoms in total. The van der Waals surface area contributed by atoms with Crippen LogP contribution in [0.4, 0.5) is 0 Å². The summed E-state index contributed by atoms with van der Waals surface area (Å²) >= 11 is 0. The number of likely N-dealkylation sites (N-methyl/N-ethyl adjacent to an activating group) is 1. The van der Waals surface area contributed by atoms with Gasteiger partial charge in [0.2, 0.25) is 0 Å². The van der Waals surface area contributed by atoms with Crippen molar-refractivity contribution in [3.05, 3.63) is 0 Å². The highest BCUT2D eigenvalue weighted by Gasteiger charge is 2.32. The fourth-order valence-electron chi connectivity index (χ4n) is 1.95. The van der Waals surface area contributed by atoms with Gasteiger partial charge in [-0.2, -0.15) is 0 Å². The third-order valence-corrected chi connectivity index (χ3v) is 2.69. The summed E-state index contributed by atoms with van der Waals surface area (Å²) in [6, 6.07) is 0.909. The molecule has 12 heavy (non-hydrogen) atoms. The Morgan fingerprint density at radius 2 is 2.17 bits per heavy atom. The van der Waals surface area contributed by atoms with Crippen molar-refractivity contribution in [3.63, 3.8) is 0 Å². The predicted molar refractivity (Wildman–Crippen MR) is 50.2 cm³/mol. The molecule has 1 rings (SSSR count). The Morgan fingerprint density at radius 1 is 1.58 bits per heavy atom. The molecule has 1 fully saturated rings. The van der Waals surface area contributed by atoms with Crippen LogP contribution in [0.5, 0.6) is 0 Å². The number of nitrogens with two attached hydrogens (primary N) is 1. The van der Waals surface area contributed by atoms with Crippen molar-refractivity contribution in [2.45, 2.75) is 25.4 Å². The Hall–Kier alpha value is -0.770. The van der Waals surface area contributed by atoms with Crippen LogP contribution in [-0.4, -0.2) is 48.5 Å². The first kappa shape index (κ1) is 9.32. The summed E-state index contributed by atoms with van der Waals surface area (Å²) in [5.41, 5.74) is 5.44. The van der Waals surface area contributed by atoms with E-state index in [1.807, 2.05) is 4.90 Å². The van der Waals surface area contributed by atoms with Gasteiger partial charge in [-0.1, -0.05) is 0 Å². The second-order valence-corrected chi connectivity index (χ2v) is 3.64. The maximum absolute atomic E-state index is 7.34. The molecule has 0 aliphatic carbocycles. The highest BCUT2D eigenvalue weighted by atomic mass is 15.3. The Kier molecular flexibility index (Phi) is 2.57. The summed E-state index contributed by atoms with van der Waals surface area (Å²) in [6.07, 6.45) is 1.10. The van der Waals surface area contributed by atoms with Crippen LogP contribution in [0.15, 0.2) is 0 Å². The van der Waals surface area contributed by atoms with Crippen LogP contribution in [0.25, 0.3) is 0 Å². The molecule has 3 N–H and O–H groups in total. The highest BCUT2D eigenvalue weighted by Crippen LogP contribution is 2.19. The molecule has 1 saturated heterocycles. The molecule has 0 aromatic heterocycles. The van der Waals surface area contributed by atoms with E-state index >= 15 is 0 Å². The molecule has 1 aliphatic rings. The maximum Gasteiger partial charge on any atom is 0.188 e. The number of nitrogens with one attached hydrogen (secondary N) is 1. The summed E-state index contributed by atoms with van der Waals surface area (Å²) in [6.45, 7) is 3.04. The zero-order valence-electron chi connectivity index (χ0n) is 8.04. The van der Waals surface area contributed by atoms with Crippen LogP contribution in [0.3, 0.4) is 0 Å². The van der Waals surface area contributed by atoms with Gasteiger partial charge in [0.1, 0.15) is 0 Å². The first-order valence-electron chi connectivity index (χ1n) is 4.31. The van der Waals surface area contributed by atoms with Gasteiger partial charge in [0, 0.05) is 18.6 Å². The molecule has 2 atom stereocenters. The number of nitrogens with zero attached hydrogens (tertiary/aromatic N) is 2. The van der Waals surface area contributed by atoms with Gasteiger partial charge in [0.05, 0.1) is 0 Å². The maximum atomic E-state index is 7.34. The van der Waals surface area contributed by atoms with Gasteiger partial charge in [-0.05, 0) is 27.4 Å². The van der Waals surface area contributed by atoms with Crippen molar-refractivity contribution in [2.24, 2.45) is 5.73 Å². The Balaban J connectivity index is 2.61. The zero-order chi connectivity index (χ0) is 9.30. The minimum absolute atomic E-state index is 0.201. The standard InChI is InChI=1S/C8H18N4/c1-6-7(11(2)3)4-5-12(6)8(9)10/h6-7H,4-5H2,1-3H3,(H3,9,10). The van der Waals surface area contributed by atoms with Crippen LogP contribution < -0.4 is 5.73 Å². The van der Waals surface area contributed by atoms with Gasteiger partial charge in [-0.25, -0.2) is 0 Å². The lowest BCUT2D eigenvalue weighted by atomic mass is 10.1. The number of hydrogen-bond donors (Lipinski definition) is 2. The van der Waals surface area contributed by atoms with Gasteiger partial charge in [-0.3, -0.25) is 5.41 Å². The average Bonchev–Trinajstić information content (AvgIpc) is 2.30. The van der Waals surface area contributed by atoms with Crippen LogP contribution in [0, 0.1) is 5.41 Å². The molecular formula is C8H18N4. The summed E-state index contributed by atoms with van der Waals surface area (Å²) < 4.78 is 0. The molecule has 70 valence electrons. The van der Waals surface area contributed by atoms with Crippen molar-refractivity contribution in [1.29, 1.82) is 5.41 Å². The molecule has 0 radical (unpaired) electrons.